The standard InChI is InChI=1S/C25H22FN5O/c1-17(27)15-23(31-19-7-3-2-4-8-19)25(28)24(32)12-14-30-22-11-10-18(16-20(22)26)21-9-5-6-13-29-21/h2-11,13-14,16,27-28H,12,15H2,1H3. The van der Waals surface area contributed by atoms with E-state index < -0.39 is 11.6 Å². The van der Waals surface area contributed by atoms with Gasteiger partial charge in [0.25, 0.3) is 0 Å². The van der Waals surface area contributed by atoms with Gasteiger partial charge in [0.15, 0.2) is 5.78 Å². The molecule has 160 valence electrons. The van der Waals surface area contributed by atoms with Gasteiger partial charge in [0, 0.05) is 36.5 Å². The van der Waals surface area contributed by atoms with Gasteiger partial charge in [0.1, 0.15) is 11.5 Å². The summed E-state index contributed by atoms with van der Waals surface area (Å²) in [4.78, 5) is 25.1. The van der Waals surface area contributed by atoms with Gasteiger partial charge >= 0.3 is 0 Å². The molecular formula is C25H22FN5O. The van der Waals surface area contributed by atoms with Crippen LogP contribution in [0.15, 0.2) is 82.9 Å². The van der Waals surface area contributed by atoms with Crippen LogP contribution in [0.3, 0.4) is 0 Å². The molecular weight excluding hydrogens is 405 g/mol. The Kier molecular flexibility index (Phi) is 7.59. The summed E-state index contributed by atoms with van der Waals surface area (Å²) >= 11 is 0. The zero-order valence-corrected chi connectivity index (χ0v) is 17.5. The van der Waals surface area contributed by atoms with Crippen LogP contribution in [0.1, 0.15) is 19.8 Å². The number of halogens is 1. The molecule has 32 heavy (non-hydrogen) atoms. The Balaban J connectivity index is 1.70. The molecule has 1 heterocycles. The molecule has 7 heteroatoms. The number of carbonyl (C=O) groups is 1. The van der Waals surface area contributed by atoms with Crippen LogP contribution in [0.5, 0.6) is 0 Å². The Labute approximate surface area is 185 Å². The molecule has 0 aliphatic carbocycles. The monoisotopic (exact) mass is 427 g/mol. The highest BCUT2D eigenvalue weighted by Gasteiger charge is 2.16. The summed E-state index contributed by atoms with van der Waals surface area (Å²) in [6.45, 7) is 1.59. The van der Waals surface area contributed by atoms with Crippen molar-refractivity contribution in [2.45, 2.75) is 19.8 Å². The largest absolute Gasteiger partial charge is 0.310 e. The van der Waals surface area contributed by atoms with Crippen molar-refractivity contribution in [2.75, 3.05) is 0 Å². The summed E-state index contributed by atoms with van der Waals surface area (Å²) in [6.07, 6.45) is 2.84. The van der Waals surface area contributed by atoms with E-state index in [1.54, 1.807) is 55.6 Å². The second kappa shape index (κ2) is 10.8. The number of para-hydroxylation sites is 1. The number of ketones is 1. The number of Topliss-reactive ketones (excluding diaryl/α,β-unsaturated/α-hetero) is 1. The number of nitrogens with one attached hydrogen (secondary N) is 2. The van der Waals surface area contributed by atoms with E-state index in [0.29, 0.717) is 22.7 Å². The van der Waals surface area contributed by atoms with Gasteiger partial charge in [0.05, 0.1) is 22.8 Å². The van der Waals surface area contributed by atoms with E-state index in [-0.39, 0.29) is 30.0 Å². The fraction of sp³-hybridized carbons (Fsp3) is 0.120. The van der Waals surface area contributed by atoms with Crippen molar-refractivity contribution in [2.24, 2.45) is 9.98 Å². The normalized spacial score (nSPS) is 11.5. The van der Waals surface area contributed by atoms with E-state index >= 15 is 0 Å². The first kappa shape index (κ1) is 22.6. The molecule has 0 atom stereocenters. The Hall–Kier alpha value is -4.13. The van der Waals surface area contributed by atoms with Gasteiger partial charge in [-0.3, -0.25) is 25.2 Å². The van der Waals surface area contributed by atoms with Crippen LogP contribution in [0.2, 0.25) is 0 Å². The zero-order chi connectivity index (χ0) is 22.9. The smallest absolute Gasteiger partial charge is 0.187 e. The molecule has 0 saturated heterocycles. The van der Waals surface area contributed by atoms with Gasteiger partial charge in [-0.1, -0.05) is 30.3 Å². The van der Waals surface area contributed by atoms with Gasteiger partial charge in [-0.15, -0.1) is 0 Å². The van der Waals surface area contributed by atoms with Crippen molar-refractivity contribution in [3.63, 3.8) is 0 Å². The minimum Gasteiger partial charge on any atom is -0.310 e. The number of benzene rings is 2. The second-order valence-electron chi connectivity index (χ2n) is 7.05. The maximum Gasteiger partial charge on any atom is 0.187 e. The molecule has 3 rings (SSSR count). The molecule has 0 fully saturated rings. The Morgan fingerprint density at radius 1 is 1.06 bits per heavy atom. The first-order valence-corrected chi connectivity index (χ1v) is 9.96. The molecule has 0 radical (unpaired) electrons. The van der Waals surface area contributed by atoms with Gasteiger partial charge in [0.2, 0.25) is 0 Å². The van der Waals surface area contributed by atoms with Crippen LogP contribution in [0, 0.1) is 16.6 Å². The number of carbonyl (C=O) groups excluding carboxylic acids is 1. The number of hydrogen-bond donors (Lipinski definition) is 2. The molecule has 0 aliphatic rings. The van der Waals surface area contributed by atoms with Crippen molar-refractivity contribution in [3.8, 4) is 11.3 Å². The number of hydrogen-bond acceptors (Lipinski definition) is 6. The SMILES string of the molecule is CC(=N)CC(=Nc1ccccc1)C(=N)C(=O)CC=Nc1ccc(-c2ccccn2)cc1F. The molecule has 0 amide bonds. The first-order valence-electron chi connectivity index (χ1n) is 9.96. The van der Waals surface area contributed by atoms with Crippen LogP contribution in [-0.4, -0.2) is 34.1 Å². The predicted octanol–water partition coefficient (Wildman–Crippen LogP) is 5.77. The van der Waals surface area contributed by atoms with Crippen LogP contribution in [0.25, 0.3) is 11.3 Å². The molecule has 0 spiro atoms. The lowest BCUT2D eigenvalue weighted by Gasteiger charge is -2.06. The van der Waals surface area contributed by atoms with E-state index in [0.717, 1.165) is 0 Å². The van der Waals surface area contributed by atoms with Gasteiger partial charge in [-0.2, -0.15) is 0 Å². The number of aromatic nitrogens is 1. The lowest BCUT2D eigenvalue weighted by Crippen LogP contribution is -2.25. The summed E-state index contributed by atoms with van der Waals surface area (Å²) in [5.74, 6) is -1.03. The predicted molar refractivity (Wildman–Crippen MR) is 127 cm³/mol. The Morgan fingerprint density at radius 2 is 1.81 bits per heavy atom. The van der Waals surface area contributed by atoms with Gasteiger partial charge < -0.3 is 5.41 Å². The summed E-state index contributed by atoms with van der Waals surface area (Å²) in [7, 11) is 0. The third-order valence-corrected chi connectivity index (χ3v) is 4.44. The highest BCUT2D eigenvalue weighted by Crippen LogP contribution is 2.24. The first-order chi connectivity index (χ1) is 15.4. The molecule has 0 bridgehead atoms. The second-order valence-corrected chi connectivity index (χ2v) is 7.05. The van der Waals surface area contributed by atoms with Crippen molar-refractivity contribution in [1.29, 1.82) is 10.8 Å². The van der Waals surface area contributed by atoms with Crippen LogP contribution < -0.4 is 0 Å². The molecule has 0 aliphatic heterocycles. The molecule has 3 aromatic rings. The summed E-state index contributed by atoms with van der Waals surface area (Å²) < 4.78 is 14.4. The average Bonchev–Trinajstić information content (AvgIpc) is 2.80. The van der Waals surface area contributed by atoms with Crippen LogP contribution in [0.4, 0.5) is 15.8 Å². The lowest BCUT2D eigenvalue weighted by atomic mass is 10.0. The third kappa shape index (κ3) is 6.18. The van der Waals surface area contributed by atoms with E-state index in [1.165, 1.54) is 18.3 Å². The van der Waals surface area contributed by atoms with Crippen LogP contribution in [-0.2, 0) is 4.79 Å². The van der Waals surface area contributed by atoms with Gasteiger partial charge in [-0.25, -0.2) is 4.39 Å². The van der Waals surface area contributed by atoms with Gasteiger partial charge in [-0.05, 0) is 43.3 Å². The number of aliphatic imine (C=N–C) groups is 2. The van der Waals surface area contributed by atoms with E-state index in [1.807, 2.05) is 12.1 Å². The number of nitrogens with zero attached hydrogens (tertiary/aromatic N) is 3. The highest BCUT2D eigenvalue weighted by atomic mass is 19.1. The maximum atomic E-state index is 14.4. The molecule has 1 aromatic heterocycles. The third-order valence-electron chi connectivity index (χ3n) is 4.44. The van der Waals surface area contributed by atoms with E-state index in [9.17, 15) is 9.18 Å². The van der Waals surface area contributed by atoms with Crippen molar-refractivity contribution in [3.05, 3.63) is 78.7 Å². The summed E-state index contributed by atoms with van der Waals surface area (Å²) in [5, 5.41) is 15.9. The topological polar surface area (TPSA) is 102 Å². The molecule has 6 nitrogen and oxygen atoms in total. The Morgan fingerprint density at radius 3 is 2.47 bits per heavy atom. The lowest BCUT2D eigenvalue weighted by molar-refractivity contribution is -0.111. The molecule has 0 unspecified atom stereocenters. The number of pyridine rings is 1. The van der Waals surface area contributed by atoms with Crippen molar-refractivity contribution >= 4 is 40.5 Å². The average molecular weight is 427 g/mol. The summed E-state index contributed by atoms with van der Waals surface area (Å²) in [5.41, 5.74) is 2.20. The molecule has 2 aromatic carbocycles. The fourth-order valence-electron chi connectivity index (χ4n) is 2.89. The minimum absolute atomic E-state index is 0.0949. The van der Waals surface area contributed by atoms with E-state index in [4.69, 9.17) is 10.8 Å². The Bertz CT molecular complexity index is 1190. The van der Waals surface area contributed by atoms with Crippen LogP contribution >= 0.6 is 0 Å². The fourth-order valence-corrected chi connectivity index (χ4v) is 2.89. The number of rotatable bonds is 9. The van der Waals surface area contributed by atoms with Crippen molar-refractivity contribution < 1.29 is 9.18 Å². The van der Waals surface area contributed by atoms with E-state index in [2.05, 4.69) is 15.0 Å². The van der Waals surface area contributed by atoms with Crippen molar-refractivity contribution in [1.82, 2.24) is 4.98 Å². The molecule has 0 saturated carbocycles. The zero-order valence-electron chi connectivity index (χ0n) is 17.5. The highest BCUT2D eigenvalue weighted by molar-refractivity contribution is 6.68. The summed E-state index contributed by atoms with van der Waals surface area (Å²) in [6, 6.07) is 18.9. The minimum atomic E-state index is -0.530. The maximum absolute atomic E-state index is 14.4. The molecule has 2 N–H and O–H groups in total. The quantitative estimate of drug-likeness (QED) is 0.423.